The van der Waals surface area contributed by atoms with Crippen molar-refractivity contribution in [2.24, 2.45) is 0 Å². The number of sulfonamides is 1. The molecule has 2 aliphatic heterocycles. The molecule has 0 aromatic heterocycles. The summed E-state index contributed by atoms with van der Waals surface area (Å²) in [5, 5.41) is 10.2. The molecule has 3 aliphatic rings. The van der Waals surface area contributed by atoms with Gasteiger partial charge in [0, 0.05) is 31.1 Å². The van der Waals surface area contributed by atoms with Crippen LogP contribution in [0.3, 0.4) is 0 Å². The molecule has 188 valence electrons. The zero-order chi connectivity index (χ0) is 24.4. The Morgan fingerprint density at radius 2 is 1.71 bits per heavy atom. The van der Waals surface area contributed by atoms with Crippen LogP contribution in [0.15, 0.2) is 59.5 Å². The van der Waals surface area contributed by atoms with E-state index in [0.29, 0.717) is 23.7 Å². The van der Waals surface area contributed by atoms with Crippen LogP contribution >= 0.6 is 0 Å². The lowest BCUT2D eigenvalue weighted by molar-refractivity contribution is -0.0553. The van der Waals surface area contributed by atoms with Crippen LogP contribution in [0.1, 0.15) is 55.6 Å². The maximum Gasteiger partial charge on any atom is 0.243 e. The number of nitrogens with zero attached hydrogens (tertiary/aromatic N) is 2. The Morgan fingerprint density at radius 3 is 2.37 bits per heavy atom. The van der Waals surface area contributed by atoms with Gasteiger partial charge in [0.1, 0.15) is 5.75 Å². The first kappa shape index (κ1) is 24.5. The minimum absolute atomic E-state index is 0.0309. The molecule has 0 bridgehead atoms. The van der Waals surface area contributed by atoms with E-state index in [1.807, 2.05) is 0 Å². The van der Waals surface area contributed by atoms with Crippen LogP contribution in [0.5, 0.6) is 5.75 Å². The topological polar surface area (TPSA) is 70.1 Å². The highest BCUT2D eigenvalue weighted by Crippen LogP contribution is 2.43. The maximum atomic E-state index is 13.6. The van der Waals surface area contributed by atoms with Crippen LogP contribution in [0.25, 0.3) is 5.57 Å². The summed E-state index contributed by atoms with van der Waals surface area (Å²) in [4.78, 5) is 2.61. The Bertz CT molecular complexity index is 1140. The second-order valence-corrected chi connectivity index (χ2v) is 11.9. The number of benzene rings is 2. The minimum Gasteiger partial charge on any atom is -0.497 e. The first-order valence-corrected chi connectivity index (χ1v) is 14.3. The molecule has 5 rings (SSSR count). The van der Waals surface area contributed by atoms with Gasteiger partial charge in [0.15, 0.2) is 0 Å². The van der Waals surface area contributed by atoms with Crippen LogP contribution in [0, 0.1) is 0 Å². The molecule has 7 heteroatoms. The van der Waals surface area contributed by atoms with Gasteiger partial charge >= 0.3 is 0 Å². The molecule has 2 aromatic rings. The summed E-state index contributed by atoms with van der Waals surface area (Å²) in [5.74, 6) is 0.751. The number of ether oxygens (including phenoxy) is 1. The first-order chi connectivity index (χ1) is 17.0. The van der Waals surface area contributed by atoms with Crippen molar-refractivity contribution >= 4 is 15.6 Å². The Kier molecular flexibility index (Phi) is 7.30. The van der Waals surface area contributed by atoms with E-state index < -0.39 is 10.0 Å². The van der Waals surface area contributed by atoms with Crippen LogP contribution < -0.4 is 4.74 Å². The second kappa shape index (κ2) is 10.4. The number of hydrogen-bond acceptors (Lipinski definition) is 5. The summed E-state index contributed by atoms with van der Waals surface area (Å²) in [6.45, 7) is 1.93. The van der Waals surface area contributed by atoms with Crippen molar-refractivity contribution in [1.29, 1.82) is 0 Å². The summed E-state index contributed by atoms with van der Waals surface area (Å²) in [6, 6.07) is 15.5. The molecule has 0 spiro atoms. The number of methoxy groups -OCH3 is 1. The van der Waals surface area contributed by atoms with E-state index in [0.717, 1.165) is 32.2 Å². The molecule has 2 fully saturated rings. The van der Waals surface area contributed by atoms with Crippen LogP contribution in [0.2, 0.25) is 0 Å². The van der Waals surface area contributed by atoms with Crippen molar-refractivity contribution in [2.75, 3.05) is 33.4 Å². The van der Waals surface area contributed by atoms with Crippen molar-refractivity contribution < 1.29 is 18.3 Å². The third-order valence-corrected chi connectivity index (χ3v) is 9.87. The van der Waals surface area contributed by atoms with Crippen LogP contribution in [0.4, 0.5) is 0 Å². The van der Waals surface area contributed by atoms with Gasteiger partial charge in [-0.2, -0.15) is 4.31 Å². The molecule has 2 aromatic carbocycles. The minimum atomic E-state index is -3.62. The highest BCUT2D eigenvalue weighted by atomic mass is 32.2. The number of aliphatic hydroxyl groups is 1. The number of rotatable bonds is 6. The summed E-state index contributed by atoms with van der Waals surface area (Å²) in [5.41, 5.74) is 3.90. The van der Waals surface area contributed by atoms with Crippen molar-refractivity contribution in [3.05, 3.63) is 65.7 Å². The maximum absolute atomic E-state index is 13.6. The Hall–Kier alpha value is -2.19. The van der Waals surface area contributed by atoms with Crippen molar-refractivity contribution in [3.63, 3.8) is 0 Å². The molecule has 2 saturated heterocycles. The second-order valence-electron chi connectivity index (χ2n) is 9.92. The lowest BCUT2D eigenvalue weighted by Crippen LogP contribution is -2.67. The molecule has 35 heavy (non-hydrogen) atoms. The number of hydrogen-bond donors (Lipinski definition) is 1. The van der Waals surface area contributed by atoms with E-state index in [4.69, 9.17) is 4.74 Å². The van der Waals surface area contributed by atoms with E-state index in [1.54, 1.807) is 35.7 Å². The normalized spacial score (nSPS) is 26.1. The van der Waals surface area contributed by atoms with Crippen LogP contribution in [-0.4, -0.2) is 68.2 Å². The summed E-state index contributed by atoms with van der Waals surface area (Å²) in [7, 11) is -2.05. The molecule has 0 saturated carbocycles. The monoisotopic (exact) mass is 496 g/mol. The van der Waals surface area contributed by atoms with Gasteiger partial charge in [-0.15, -0.1) is 0 Å². The molecule has 3 atom stereocenters. The zero-order valence-corrected chi connectivity index (χ0v) is 21.3. The lowest BCUT2D eigenvalue weighted by atomic mass is 9.74. The number of aliphatic hydroxyl groups excluding tert-OH is 1. The van der Waals surface area contributed by atoms with E-state index in [-0.39, 0.29) is 24.6 Å². The van der Waals surface area contributed by atoms with Crippen molar-refractivity contribution in [2.45, 2.75) is 61.4 Å². The van der Waals surface area contributed by atoms with E-state index in [2.05, 4.69) is 35.2 Å². The molecular weight excluding hydrogens is 460 g/mol. The Balaban J connectivity index is 1.39. The Morgan fingerprint density at radius 1 is 0.971 bits per heavy atom. The third kappa shape index (κ3) is 4.79. The predicted molar refractivity (Wildman–Crippen MR) is 138 cm³/mol. The van der Waals surface area contributed by atoms with Gasteiger partial charge in [0.05, 0.1) is 18.6 Å². The lowest BCUT2D eigenvalue weighted by Gasteiger charge is -2.57. The number of fused-ring (bicyclic) bond motifs is 1. The van der Waals surface area contributed by atoms with Crippen molar-refractivity contribution in [1.82, 2.24) is 9.21 Å². The molecule has 2 heterocycles. The fraction of sp³-hybridized carbons (Fsp3) is 0.500. The van der Waals surface area contributed by atoms with E-state index in [9.17, 15) is 13.5 Å². The third-order valence-electron chi connectivity index (χ3n) is 7.99. The van der Waals surface area contributed by atoms with Gasteiger partial charge in [-0.3, -0.25) is 4.90 Å². The summed E-state index contributed by atoms with van der Waals surface area (Å²) in [6.07, 6.45) is 8.90. The molecule has 0 amide bonds. The van der Waals surface area contributed by atoms with Gasteiger partial charge in [-0.1, -0.05) is 30.3 Å². The molecule has 0 radical (unpaired) electrons. The fourth-order valence-corrected chi connectivity index (χ4v) is 7.54. The average molecular weight is 497 g/mol. The molecule has 1 N–H and O–H groups in total. The highest BCUT2D eigenvalue weighted by Gasteiger charge is 2.50. The predicted octanol–water partition coefficient (Wildman–Crippen LogP) is 4.27. The zero-order valence-electron chi connectivity index (χ0n) is 20.5. The molecule has 1 aliphatic carbocycles. The largest absolute Gasteiger partial charge is 0.497 e. The molecular formula is C28H36N2O4S. The molecule has 0 unspecified atom stereocenters. The smallest absolute Gasteiger partial charge is 0.243 e. The van der Waals surface area contributed by atoms with Gasteiger partial charge in [0.2, 0.25) is 10.0 Å². The van der Waals surface area contributed by atoms with Crippen LogP contribution in [-0.2, 0) is 10.0 Å². The van der Waals surface area contributed by atoms with Crippen molar-refractivity contribution in [3.8, 4) is 5.75 Å². The van der Waals surface area contributed by atoms with E-state index in [1.165, 1.54) is 29.5 Å². The average Bonchev–Trinajstić information content (AvgIpc) is 2.88. The quantitative estimate of drug-likeness (QED) is 0.647. The fourth-order valence-electron chi connectivity index (χ4n) is 6.04. The summed E-state index contributed by atoms with van der Waals surface area (Å²) >= 11 is 0. The SMILES string of the molecule is COc1ccc(S(=O)(=O)N2CCCCN3[C@H](CO)[C@H](c4ccc(C5=CCCCC5)cc4)[C@@H]3C2)cc1. The van der Waals surface area contributed by atoms with Gasteiger partial charge < -0.3 is 9.84 Å². The molecule has 6 nitrogen and oxygen atoms in total. The van der Waals surface area contributed by atoms with Gasteiger partial charge in [-0.05, 0) is 86.0 Å². The summed E-state index contributed by atoms with van der Waals surface area (Å²) < 4.78 is 33.9. The highest BCUT2D eigenvalue weighted by molar-refractivity contribution is 7.89. The van der Waals surface area contributed by atoms with Gasteiger partial charge in [-0.25, -0.2) is 8.42 Å². The standard InChI is InChI=1S/C28H36N2O4S/c1-34-24-13-15-25(16-14-24)35(32,33)29-17-5-6-18-30-26(19-29)28(27(30)20-31)23-11-9-22(10-12-23)21-7-3-2-4-8-21/h7,9-16,26-28,31H,2-6,8,17-20H2,1H3/t26-,27+,28+/m0/s1. The number of allylic oxidation sites excluding steroid dienone is 2. The van der Waals surface area contributed by atoms with E-state index >= 15 is 0 Å². The van der Waals surface area contributed by atoms with Gasteiger partial charge in [0.25, 0.3) is 0 Å². The Labute approximate surface area is 209 Å². The first-order valence-electron chi connectivity index (χ1n) is 12.8.